The topological polar surface area (TPSA) is 45.9 Å². The number of hydrogen-bond donors (Lipinski definition) is 0. The maximum Gasteiger partial charge on any atom is 0.222 e. The molecule has 3 heteroatoms. The molecule has 1 aromatic rings. The largest absolute Gasteiger partial charge is 0.481 e. The van der Waals surface area contributed by atoms with E-state index in [1.54, 1.807) is 12.1 Å². The number of rotatable bonds is 1. The van der Waals surface area contributed by atoms with Gasteiger partial charge in [0.15, 0.2) is 0 Å². The van der Waals surface area contributed by atoms with Crippen molar-refractivity contribution in [3.63, 3.8) is 0 Å². The van der Waals surface area contributed by atoms with Crippen LogP contribution < -0.4 is 4.74 Å². The minimum Gasteiger partial charge on any atom is -0.481 e. The highest BCUT2D eigenvalue weighted by atomic mass is 16.5. The second-order valence-corrected chi connectivity index (χ2v) is 1.60. The van der Waals surface area contributed by atoms with Crippen LogP contribution in [0.15, 0.2) is 12.1 Å². The van der Waals surface area contributed by atoms with Gasteiger partial charge in [-0.25, -0.2) is 4.98 Å². The van der Waals surface area contributed by atoms with E-state index in [1.165, 1.54) is 7.11 Å². The van der Waals surface area contributed by atoms with Crippen LogP contribution in [0.1, 0.15) is 5.69 Å². The number of nitrogens with zero attached hydrogens (tertiary/aromatic N) is 2. The van der Waals surface area contributed by atoms with Crippen molar-refractivity contribution in [2.75, 3.05) is 7.11 Å². The molecule has 1 rings (SSSR count). The average Bonchev–Trinajstić information content (AvgIpc) is 2.05. The molecule has 0 atom stereocenters. The monoisotopic (exact) mass is 133 g/mol. The zero-order chi connectivity index (χ0) is 7.40. The summed E-state index contributed by atoms with van der Waals surface area (Å²) in [5.41, 5.74) is 0.343. The van der Waals surface area contributed by atoms with Gasteiger partial charge in [0.25, 0.3) is 0 Å². The number of nitriles is 1. The summed E-state index contributed by atoms with van der Waals surface area (Å²) in [5.74, 6) is 0.346. The van der Waals surface area contributed by atoms with Gasteiger partial charge in [-0.05, 0) is 12.1 Å². The van der Waals surface area contributed by atoms with Crippen molar-refractivity contribution >= 4 is 0 Å². The maximum absolute atomic E-state index is 8.38. The summed E-state index contributed by atoms with van der Waals surface area (Å²) in [6.45, 7) is 0. The fourth-order valence-corrected chi connectivity index (χ4v) is 0.538. The number of methoxy groups -OCH3 is 1. The molecule has 0 aromatic carbocycles. The molecular formula is C7H5N2O. The SMILES string of the molecule is COc1[c]ccc(C#N)n1. The number of pyridine rings is 1. The highest BCUT2D eigenvalue weighted by Crippen LogP contribution is 2.03. The third kappa shape index (κ3) is 1.23. The predicted molar refractivity (Wildman–Crippen MR) is 34.3 cm³/mol. The molecule has 0 unspecified atom stereocenters. The van der Waals surface area contributed by atoms with Gasteiger partial charge in [0, 0.05) is 6.07 Å². The molecule has 49 valence electrons. The van der Waals surface area contributed by atoms with Crippen molar-refractivity contribution in [3.8, 4) is 11.9 Å². The normalized spacial score (nSPS) is 8.40. The summed E-state index contributed by atoms with van der Waals surface area (Å²) in [6, 6.07) is 7.77. The van der Waals surface area contributed by atoms with Gasteiger partial charge in [-0.15, -0.1) is 0 Å². The van der Waals surface area contributed by atoms with E-state index in [9.17, 15) is 0 Å². The first-order valence-corrected chi connectivity index (χ1v) is 2.69. The molecule has 3 nitrogen and oxygen atoms in total. The lowest BCUT2D eigenvalue weighted by molar-refractivity contribution is 0.396. The molecule has 0 bridgehead atoms. The van der Waals surface area contributed by atoms with Crippen LogP contribution in [0, 0.1) is 17.4 Å². The molecule has 0 saturated carbocycles. The van der Waals surface area contributed by atoms with Crippen LogP contribution >= 0.6 is 0 Å². The van der Waals surface area contributed by atoms with Crippen molar-refractivity contribution in [1.82, 2.24) is 4.98 Å². The van der Waals surface area contributed by atoms with Crippen LogP contribution in [0.4, 0.5) is 0 Å². The molecule has 0 aliphatic heterocycles. The summed E-state index contributed by atoms with van der Waals surface area (Å²) < 4.78 is 4.74. The highest BCUT2D eigenvalue weighted by Gasteiger charge is 1.93. The second-order valence-electron chi connectivity index (χ2n) is 1.60. The van der Waals surface area contributed by atoms with E-state index in [0.717, 1.165) is 0 Å². The van der Waals surface area contributed by atoms with Gasteiger partial charge < -0.3 is 4.74 Å². The van der Waals surface area contributed by atoms with Crippen LogP contribution in [0.25, 0.3) is 0 Å². The molecule has 0 N–H and O–H groups in total. The van der Waals surface area contributed by atoms with E-state index in [1.807, 2.05) is 6.07 Å². The minimum atomic E-state index is 0.343. The molecular weight excluding hydrogens is 128 g/mol. The molecule has 0 aliphatic rings. The minimum absolute atomic E-state index is 0.343. The van der Waals surface area contributed by atoms with E-state index in [2.05, 4.69) is 11.1 Å². The Morgan fingerprint density at radius 3 is 3.20 bits per heavy atom. The first kappa shape index (κ1) is 6.56. The lowest BCUT2D eigenvalue weighted by Gasteiger charge is -1.94. The summed E-state index contributed by atoms with van der Waals surface area (Å²) in [6.07, 6.45) is 0. The third-order valence-electron chi connectivity index (χ3n) is 0.978. The fourth-order valence-electron chi connectivity index (χ4n) is 0.538. The van der Waals surface area contributed by atoms with Gasteiger partial charge in [0.2, 0.25) is 5.88 Å². The Balaban J connectivity index is 3.01. The van der Waals surface area contributed by atoms with Crippen LogP contribution in [-0.4, -0.2) is 12.1 Å². The Bertz CT molecular complexity index is 265. The molecule has 0 aliphatic carbocycles. The quantitative estimate of drug-likeness (QED) is 0.568. The molecule has 0 amide bonds. The smallest absolute Gasteiger partial charge is 0.222 e. The molecule has 0 saturated heterocycles. The lowest BCUT2D eigenvalue weighted by atomic mass is 10.4. The van der Waals surface area contributed by atoms with Gasteiger partial charge in [-0.2, -0.15) is 5.26 Å². The van der Waals surface area contributed by atoms with E-state index in [-0.39, 0.29) is 0 Å². The Labute approximate surface area is 58.9 Å². The Kier molecular flexibility index (Phi) is 1.86. The zero-order valence-corrected chi connectivity index (χ0v) is 5.46. The van der Waals surface area contributed by atoms with Crippen LogP contribution in [0.3, 0.4) is 0 Å². The van der Waals surface area contributed by atoms with Crippen molar-refractivity contribution in [2.24, 2.45) is 0 Å². The van der Waals surface area contributed by atoms with E-state index >= 15 is 0 Å². The van der Waals surface area contributed by atoms with E-state index in [0.29, 0.717) is 11.6 Å². The van der Waals surface area contributed by atoms with E-state index in [4.69, 9.17) is 10.00 Å². The molecule has 10 heavy (non-hydrogen) atoms. The van der Waals surface area contributed by atoms with Gasteiger partial charge in [0.05, 0.1) is 7.11 Å². The Hall–Kier alpha value is -1.56. The highest BCUT2D eigenvalue weighted by molar-refractivity contribution is 5.23. The molecule has 1 aromatic heterocycles. The Morgan fingerprint density at radius 2 is 2.60 bits per heavy atom. The van der Waals surface area contributed by atoms with Gasteiger partial charge in [0.1, 0.15) is 11.8 Å². The summed E-state index contributed by atoms with van der Waals surface area (Å²) in [7, 11) is 1.49. The fraction of sp³-hybridized carbons (Fsp3) is 0.143. The van der Waals surface area contributed by atoms with Crippen molar-refractivity contribution in [3.05, 3.63) is 23.9 Å². The maximum atomic E-state index is 8.38. The van der Waals surface area contributed by atoms with Crippen LogP contribution in [-0.2, 0) is 0 Å². The standard InChI is InChI=1S/C7H5N2O/c1-10-7-4-2-3-6(5-8)9-7/h2-3H,1H3. The van der Waals surface area contributed by atoms with Gasteiger partial charge in [-0.3, -0.25) is 0 Å². The van der Waals surface area contributed by atoms with Crippen molar-refractivity contribution < 1.29 is 4.74 Å². The second kappa shape index (κ2) is 2.83. The summed E-state index contributed by atoms with van der Waals surface area (Å²) in [5, 5.41) is 8.38. The third-order valence-corrected chi connectivity index (χ3v) is 0.978. The predicted octanol–water partition coefficient (Wildman–Crippen LogP) is 0.762. The first-order chi connectivity index (χ1) is 4.86. The molecule has 1 radical (unpaired) electrons. The van der Waals surface area contributed by atoms with Gasteiger partial charge >= 0.3 is 0 Å². The average molecular weight is 133 g/mol. The van der Waals surface area contributed by atoms with E-state index < -0.39 is 0 Å². The molecule has 0 spiro atoms. The van der Waals surface area contributed by atoms with Gasteiger partial charge in [-0.1, -0.05) is 0 Å². The van der Waals surface area contributed by atoms with Crippen LogP contribution in [0.5, 0.6) is 5.88 Å². The van der Waals surface area contributed by atoms with Crippen LogP contribution in [0.2, 0.25) is 0 Å². The zero-order valence-electron chi connectivity index (χ0n) is 5.46. The summed E-state index contributed by atoms with van der Waals surface area (Å²) >= 11 is 0. The molecule has 0 fully saturated rings. The van der Waals surface area contributed by atoms with Crippen molar-refractivity contribution in [1.29, 1.82) is 5.26 Å². The molecule has 1 heterocycles. The number of ether oxygens (including phenoxy) is 1. The Morgan fingerprint density at radius 1 is 1.80 bits per heavy atom. The number of hydrogen-bond acceptors (Lipinski definition) is 3. The number of aromatic nitrogens is 1. The lowest BCUT2D eigenvalue weighted by Crippen LogP contribution is -1.88. The summed E-state index contributed by atoms with van der Waals surface area (Å²) in [4.78, 5) is 3.77. The first-order valence-electron chi connectivity index (χ1n) is 2.69. The van der Waals surface area contributed by atoms with Crippen molar-refractivity contribution in [2.45, 2.75) is 0 Å².